The highest BCUT2D eigenvalue weighted by Gasteiger charge is 2.20. The van der Waals surface area contributed by atoms with Crippen LogP contribution in [0.25, 0.3) is 0 Å². The average molecular weight is 292 g/mol. The van der Waals surface area contributed by atoms with Crippen molar-refractivity contribution in [1.82, 2.24) is 10.2 Å². The van der Waals surface area contributed by atoms with Gasteiger partial charge in [-0.15, -0.1) is 0 Å². The molecule has 2 unspecified atom stereocenters. The van der Waals surface area contributed by atoms with Gasteiger partial charge in [-0.2, -0.15) is 0 Å². The summed E-state index contributed by atoms with van der Waals surface area (Å²) in [4.78, 5) is 2.52. The van der Waals surface area contributed by atoms with E-state index in [0.717, 1.165) is 26.2 Å². The molecule has 0 aliphatic heterocycles. The number of nitrogens with zero attached hydrogens (tertiary/aromatic N) is 1. The van der Waals surface area contributed by atoms with Crippen molar-refractivity contribution in [3.05, 3.63) is 35.9 Å². The van der Waals surface area contributed by atoms with Gasteiger partial charge in [0.25, 0.3) is 0 Å². The molecule has 3 heteroatoms. The zero-order chi connectivity index (χ0) is 15.7. The van der Waals surface area contributed by atoms with Gasteiger partial charge in [-0.25, -0.2) is 0 Å². The highest BCUT2D eigenvalue weighted by atomic mass is 16.5. The molecule has 2 atom stereocenters. The van der Waals surface area contributed by atoms with Crippen molar-refractivity contribution in [2.45, 2.75) is 26.8 Å². The van der Waals surface area contributed by atoms with Crippen molar-refractivity contribution in [3.8, 4) is 0 Å². The van der Waals surface area contributed by atoms with Gasteiger partial charge >= 0.3 is 0 Å². The van der Waals surface area contributed by atoms with Gasteiger partial charge in [0.1, 0.15) is 0 Å². The van der Waals surface area contributed by atoms with Crippen LogP contribution in [0, 0.1) is 11.8 Å². The van der Waals surface area contributed by atoms with Gasteiger partial charge in [0.15, 0.2) is 0 Å². The maximum atomic E-state index is 5.25. The van der Waals surface area contributed by atoms with Crippen LogP contribution >= 0.6 is 0 Å². The van der Waals surface area contributed by atoms with Gasteiger partial charge in [-0.1, -0.05) is 51.1 Å². The molecule has 0 saturated heterocycles. The molecule has 1 aromatic carbocycles. The normalized spacial score (nSPS) is 14.6. The Morgan fingerprint density at radius 1 is 1.10 bits per heavy atom. The van der Waals surface area contributed by atoms with E-state index in [1.165, 1.54) is 5.56 Å². The summed E-state index contributed by atoms with van der Waals surface area (Å²) in [5.74, 6) is 1.23. The Morgan fingerprint density at radius 3 is 2.29 bits per heavy atom. The van der Waals surface area contributed by atoms with Crippen LogP contribution in [0.3, 0.4) is 0 Å². The summed E-state index contributed by atoms with van der Waals surface area (Å²) in [5.41, 5.74) is 1.36. The van der Waals surface area contributed by atoms with Crippen LogP contribution in [0.2, 0.25) is 0 Å². The molecule has 0 saturated carbocycles. The lowest BCUT2D eigenvalue weighted by molar-refractivity contribution is 0.124. The van der Waals surface area contributed by atoms with Crippen molar-refractivity contribution in [3.63, 3.8) is 0 Å². The van der Waals surface area contributed by atoms with Gasteiger partial charge in [0.05, 0.1) is 6.61 Å². The van der Waals surface area contributed by atoms with E-state index in [1.54, 1.807) is 7.11 Å². The van der Waals surface area contributed by atoms with Gasteiger partial charge in [-0.05, 0) is 24.4 Å². The molecular weight excluding hydrogens is 260 g/mol. The van der Waals surface area contributed by atoms with Crippen molar-refractivity contribution >= 4 is 0 Å². The molecule has 120 valence electrons. The second-order valence-corrected chi connectivity index (χ2v) is 6.30. The summed E-state index contributed by atoms with van der Waals surface area (Å²) in [7, 11) is 3.83. The molecule has 0 heterocycles. The van der Waals surface area contributed by atoms with E-state index >= 15 is 0 Å². The van der Waals surface area contributed by atoms with Crippen LogP contribution in [0.1, 0.15) is 32.4 Å². The molecular formula is C18H32N2O. The Hall–Kier alpha value is -0.900. The number of rotatable bonds is 10. The monoisotopic (exact) mass is 292 g/mol. The minimum Gasteiger partial charge on any atom is -0.383 e. The molecule has 0 aliphatic rings. The van der Waals surface area contributed by atoms with Gasteiger partial charge < -0.3 is 15.0 Å². The first-order valence-electron chi connectivity index (χ1n) is 8.02. The maximum absolute atomic E-state index is 5.25. The molecule has 1 N–H and O–H groups in total. The predicted octanol–water partition coefficient (Wildman–Crippen LogP) is 3.19. The first kappa shape index (κ1) is 18.1. The number of ether oxygens (including phenoxy) is 1. The minimum atomic E-state index is 0.392. The number of benzene rings is 1. The summed E-state index contributed by atoms with van der Waals surface area (Å²) in [6.07, 6.45) is 0. The number of methoxy groups -OCH3 is 1. The van der Waals surface area contributed by atoms with Crippen molar-refractivity contribution < 1.29 is 4.74 Å². The third kappa shape index (κ3) is 6.60. The lowest BCUT2D eigenvalue weighted by Gasteiger charge is -2.31. The Morgan fingerprint density at radius 2 is 1.76 bits per heavy atom. The molecule has 0 aliphatic carbocycles. The second kappa shape index (κ2) is 9.93. The van der Waals surface area contributed by atoms with E-state index in [4.69, 9.17) is 4.74 Å². The van der Waals surface area contributed by atoms with Crippen LogP contribution in [0.5, 0.6) is 0 Å². The topological polar surface area (TPSA) is 24.5 Å². The number of hydrogen-bond donors (Lipinski definition) is 1. The highest BCUT2D eigenvalue weighted by Crippen LogP contribution is 2.22. The third-order valence-corrected chi connectivity index (χ3v) is 3.82. The second-order valence-electron chi connectivity index (χ2n) is 6.30. The maximum Gasteiger partial charge on any atom is 0.0589 e. The zero-order valence-corrected chi connectivity index (χ0v) is 14.3. The molecule has 1 aromatic rings. The lowest BCUT2D eigenvalue weighted by Crippen LogP contribution is -2.38. The Bertz CT molecular complexity index is 367. The summed E-state index contributed by atoms with van der Waals surface area (Å²) < 4.78 is 5.25. The third-order valence-electron chi connectivity index (χ3n) is 3.82. The molecule has 21 heavy (non-hydrogen) atoms. The number of hydrogen-bond acceptors (Lipinski definition) is 3. The Labute approximate surface area is 130 Å². The summed E-state index contributed by atoms with van der Waals surface area (Å²) >= 11 is 0. The van der Waals surface area contributed by atoms with E-state index in [1.807, 2.05) is 0 Å². The van der Waals surface area contributed by atoms with Gasteiger partial charge in [0.2, 0.25) is 0 Å². The first-order chi connectivity index (χ1) is 10.1. The van der Waals surface area contributed by atoms with Crippen molar-refractivity contribution in [2.24, 2.45) is 11.8 Å². The molecule has 0 aromatic heterocycles. The fraction of sp³-hybridized carbons (Fsp3) is 0.667. The lowest BCUT2D eigenvalue weighted by atomic mass is 9.94. The molecule has 3 nitrogen and oxygen atoms in total. The molecule has 0 bridgehead atoms. The Balaban J connectivity index is 2.66. The minimum absolute atomic E-state index is 0.392. The average Bonchev–Trinajstić information content (AvgIpc) is 2.46. The van der Waals surface area contributed by atoms with Crippen LogP contribution in [0.4, 0.5) is 0 Å². The van der Waals surface area contributed by atoms with Crippen molar-refractivity contribution in [2.75, 3.05) is 40.4 Å². The summed E-state index contributed by atoms with van der Waals surface area (Å²) in [5, 5.41) is 3.47. The standard InChI is InChI=1S/C18H32N2O/c1-15(2)13-20(11-12-21-5)14-16(3)18(19-4)17-9-7-6-8-10-17/h6-10,15-16,18-19H,11-14H2,1-5H3. The van der Waals surface area contributed by atoms with E-state index in [9.17, 15) is 0 Å². The highest BCUT2D eigenvalue weighted by molar-refractivity contribution is 5.19. The fourth-order valence-electron chi connectivity index (χ4n) is 2.95. The first-order valence-corrected chi connectivity index (χ1v) is 8.02. The SMILES string of the molecule is CNC(c1ccccc1)C(C)CN(CCOC)CC(C)C. The summed E-state index contributed by atoms with van der Waals surface area (Å²) in [6, 6.07) is 11.1. The van der Waals surface area contributed by atoms with Crippen molar-refractivity contribution in [1.29, 1.82) is 0 Å². The quantitative estimate of drug-likeness (QED) is 0.717. The van der Waals surface area contributed by atoms with E-state index in [2.05, 4.69) is 68.4 Å². The molecule has 0 radical (unpaired) electrons. The van der Waals surface area contributed by atoms with Crippen LogP contribution < -0.4 is 5.32 Å². The van der Waals surface area contributed by atoms with Crippen LogP contribution in [0.15, 0.2) is 30.3 Å². The Kier molecular flexibility index (Phi) is 8.58. The molecule has 0 fully saturated rings. The van der Waals surface area contributed by atoms with E-state index in [0.29, 0.717) is 17.9 Å². The van der Waals surface area contributed by atoms with Crippen LogP contribution in [-0.4, -0.2) is 45.3 Å². The zero-order valence-electron chi connectivity index (χ0n) is 14.3. The van der Waals surface area contributed by atoms with Gasteiger partial charge in [0, 0.05) is 32.8 Å². The van der Waals surface area contributed by atoms with E-state index in [-0.39, 0.29) is 0 Å². The fourth-order valence-corrected chi connectivity index (χ4v) is 2.95. The molecule has 0 amide bonds. The molecule has 1 rings (SSSR count). The summed E-state index contributed by atoms with van der Waals surface area (Å²) in [6.45, 7) is 10.9. The van der Waals surface area contributed by atoms with Gasteiger partial charge in [-0.3, -0.25) is 0 Å². The molecule has 0 spiro atoms. The predicted molar refractivity (Wildman–Crippen MR) is 90.6 cm³/mol. The van der Waals surface area contributed by atoms with Crippen LogP contribution in [-0.2, 0) is 4.74 Å². The largest absolute Gasteiger partial charge is 0.383 e. The smallest absolute Gasteiger partial charge is 0.0589 e. The van der Waals surface area contributed by atoms with E-state index < -0.39 is 0 Å². The number of nitrogens with one attached hydrogen (secondary N) is 1.